The molecule has 2 heterocycles. The minimum Gasteiger partial charge on any atom is -0.441 e. The summed E-state index contributed by atoms with van der Waals surface area (Å²) >= 11 is 0. The number of hydrogen-bond donors (Lipinski definition) is 2. The summed E-state index contributed by atoms with van der Waals surface area (Å²) in [7, 11) is 0. The molecule has 2 aromatic heterocycles. The van der Waals surface area contributed by atoms with E-state index in [9.17, 15) is 0 Å². The molecule has 0 amide bonds. The molecule has 4 nitrogen and oxygen atoms in total. The van der Waals surface area contributed by atoms with Gasteiger partial charge in [0.15, 0.2) is 11.5 Å². The van der Waals surface area contributed by atoms with Crippen LogP contribution in [0.3, 0.4) is 0 Å². The van der Waals surface area contributed by atoms with Gasteiger partial charge in [-0.3, -0.25) is 0 Å². The van der Waals surface area contributed by atoms with Crippen molar-refractivity contribution in [2.24, 2.45) is 0 Å². The average Bonchev–Trinajstić information content (AvgIpc) is 3.08. The van der Waals surface area contributed by atoms with E-state index in [0.29, 0.717) is 5.89 Å². The van der Waals surface area contributed by atoms with E-state index in [1.54, 1.807) is 0 Å². The first-order chi connectivity index (χ1) is 10.3. The highest BCUT2D eigenvalue weighted by Crippen LogP contribution is 2.21. The van der Waals surface area contributed by atoms with Crippen molar-refractivity contribution in [3.05, 3.63) is 60.1 Å². The number of H-pyrrole nitrogens is 1. The number of nitrogens with one attached hydrogen (secondary N) is 2. The quantitative estimate of drug-likeness (QED) is 0.589. The van der Waals surface area contributed by atoms with Gasteiger partial charge < -0.3 is 14.7 Å². The maximum atomic E-state index is 5.48. The third-order valence-corrected chi connectivity index (χ3v) is 3.61. The minimum atomic E-state index is 0.694. The highest BCUT2D eigenvalue weighted by atomic mass is 16.3. The maximum absolute atomic E-state index is 5.48. The number of aryl methyl sites for hydroxylation is 1. The van der Waals surface area contributed by atoms with Gasteiger partial charge in [-0.05, 0) is 41.3 Å². The number of anilines is 1. The van der Waals surface area contributed by atoms with Crippen molar-refractivity contribution in [2.45, 2.75) is 13.5 Å². The van der Waals surface area contributed by atoms with Crippen molar-refractivity contribution in [3.63, 3.8) is 0 Å². The molecule has 2 aromatic carbocycles. The van der Waals surface area contributed by atoms with Crippen LogP contribution in [0.4, 0.5) is 5.69 Å². The van der Waals surface area contributed by atoms with Gasteiger partial charge in [0.25, 0.3) is 0 Å². The lowest BCUT2D eigenvalue weighted by Crippen LogP contribution is -1.99. The number of aromatic nitrogens is 2. The Labute approximate surface area is 121 Å². The van der Waals surface area contributed by atoms with E-state index in [-0.39, 0.29) is 0 Å². The Morgan fingerprint density at radius 3 is 3.05 bits per heavy atom. The highest BCUT2D eigenvalue weighted by molar-refractivity contribution is 5.80. The van der Waals surface area contributed by atoms with Gasteiger partial charge in [-0.15, -0.1) is 0 Å². The Hall–Kier alpha value is -2.75. The SMILES string of the molecule is Cc1nc2cc(NCc3ccc4cc[nH]c4c3)ccc2o1. The summed E-state index contributed by atoms with van der Waals surface area (Å²) in [5.41, 5.74) is 5.16. The summed E-state index contributed by atoms with van der Waals surface area (Å²) in [5.74, 6) is 0.694. The van der Waals surface area contributed by atoms with Crippen molar-refractivity contribution in [2.75, 3.05) is 5.32 Å². The standard InChI is InChI=1S/C17H15N3O/c1-11-20-16-9-14(4-5-17(16)21-11)19-10-12-2-3-13-6-7-18-15(13)8-12/h2-9,18-19H,10H2,1H3. The van der Waals surface area contributed by atoms with E-state index in [0.717, 1.165) is 28.8 Å². The van der Waals surface area contributed by atoms with Gasteiger partial charge in [-0.2, -0.15) is 0 Å². The zero-order valence-corrected chi connectivity index (χ0v) is 11.7. The van der Waals surface area contributed by atoms with Crippen molar-refractivity contribution in [3.8, 4) is 0 Å². The summed E-state index contributed by atoms with van der Waals surface area (Å²) in [6.07, 6.45) is 1.96. The van der Waals surface area contributed by atoms with Crippen LogP contribution >= 0.6 is 0 Å². The van der Waals surface area contributed by atoms with Crippen LogP contribution in [-0.2, 0) is 6.54 Å². The predicted molar refractivity (Wildman–Crippen MR) is 84.4 cm³/mol. The lowest BCUT2D eigenvalue weighted by atomic mass is 10.1. The number of fused-ring (bicyclic) bond motifs is 2. The second-order valence-corrected chi connectivity index (χ2v) is 5.17. The molecule has 104 valence electrons. The lowest BCUT2D eigenvalue weighted by molar-refractivity contribution is 0.561. The molecule has 0 radical (unpaired) electrons. The van der Waals surface area contributed by atoms with E-state index in [2.05, 4.69) is 39.6 Å². The fraction of sp³-hybridized carbons (Fsp3) is 0.118. The zero-order valence-electron chi connectivity index (χ0n) is 11.7. The molecule has 21 heavy (non-hydrogen) atoms. The van der Waals surface area contributed by atoms with Crippen molar-refractivity contribution in [1.29, 1.82) is 0 Å². The van der Waals surface area contributed by atoms with Gasteiger partial charge in [0.2, 0.25) is 0 Å². The minimum absolute atomic E-state index is 0.694. The first-order valence-corrected chi connectivity index (χ1v) is 6.95. The molecule has 0 atom stereocenters. The number of aromatic amines is 1. The molecule has 4 heteroatoms. The van der Waals surface area contributed by atoms with Gasteiger partial charge in [0.05, 0.1) is 0 Å². The molecule has 0 fully saturated rings. The predicted octanol–water partition coefficient (Wildman–Crippen LogP) is 4.23. The van der Waals surface area contributed by atoms with Gasteiger partial charge in [0, 0.05) is 30.9 Å². The molecule has 2 N–H and O–H groups in total. The third-order valence-electron chi connectivity index (χ3n) is 3.61. The number of hydrogen-bond acceptors (Lipinski definition) is 3. The molecule has 0 saturated carbocycles. The number of benzene rings is 2. The largest absolute Gasteiger partial charge is 0.441 e. The van der Waals surface area contributed by atoms with Crippen molar-refractivity contribution < 1.29 is 4.42 Å². The molecule has 0 aliphatic rings. The first kappa shape index (κ1) is 12.0. The van der Waals surface area contributed by atoms with Crippen molar-refractivity contribution >= 4 is 27.7 Å². The zero-order chi connectivity index (χ0) is 14.2. The summed E-state index contributed by atoms with van der Waals surface area (Å²) < 4.78 is 5.48. The second kappa shape index (κ2) is 4.66. The molecule has 0 bridgehead atoms. The van der Waals surface area contributed by atoms with Gasteiger partial charge >= 0.3 is 0 Å². The monoisotopic (exact) mass is 277 g/mol. The fourth-order valence-electron chi connectivity index (χ4n) is 2.56. The van der Waals surface area contributed by atoms with Crippen LogP contribution in [-0.4, -0.2) is 9.97 Å². The molecule has 0 spiro atoms. The van der Waals surface area contributed by atoms with E-state index < -0.39 is 0 Å². The molecular weight excluding hydrogens is 262 g/mol. The van der Waals surface area contributed by atoms with E-state index in [1.165, 1.54) is 10.9 Å². The van der Waals surface area contributed by atoms with Crippen LogP contribution in [0.5, 0.6) is 0 Å². The molecule has 4 rings (SSSR count). The summed E-state index contributed by atoms with van der Waals surface area (Å²) in [5, 5.41) is 4.66. The molecular formula is C17H15N3O. The smallest absolute Gasteiger partial charge is 0.192 e. The van der Waals surface area contributed by atoms with Gasteiger partial charge in [-0.1, -0.05) is 12.1 Å². The Bertz CT molecular complexity index is 920. The lowest BCUT2D eigenvalue weighted by Gasteiger charge is -2.06. The Kier molecular flexibility index (Phi) is 2.67. The first-order valence-electron chi connectivity index (χ1n) is 6.95. The average molecular weight is 277 g/mol. The van der Waals surface area contributed by atoms with Crippen molar-refractivity contribution in [1.82, 2.24) is 9.97 Å². The Morgan fingerprint density at radius 2 is 2.10 bits per heavy atom. The van der Waals surface area contributed by atoms with Crippen LogP contribution in [0.15, 0.2) is 53.1 Å². The maximum Gasteiger partial charge on any atom is 0.192 e. The van der Waals surface area contributed by atoms with Gasteiger partial charge in [-0.25, -0.2) is 4.98 Å². The molecule has 0 unspecified atom stereocenters. The van der Waals surface area contributed by atoms with Crippen LogP contribution in [0.2, 0.25) is 0 Å². The molecule has 0 saturated heterocycles. The van der Waals surface area contributed by atoms with E-state index >= 15 is 0 Å². The second-order valence-electron chi connectivity index (χ2n) is 5.17. The van der Waals surface area contributed by atoms with Crippen LogP contribution in [0.25, 0.3) is 22.0 Å². The Morgan fingerprint density at radius 1 is 1.14 bits per heavy atom. The molecule has 0 aliphatic carbocycles. The molecule has 4 aromatic rings. The summed E-state index contributed by atoms with van der Waals surface area (Å²) in [6, 6.07) is 14.5. The number of nitrogens with zero attached hydrogens (tertiary/aromatic N) is 1. The summed E-state index contributed by atoms with van der Waals surface area (Å²) in [6.45, 7) is 2.63. The highest BCUT2D eigenvalue weighted by Gasteiger charge is 2.03. The number of oxazole rings is 1. The normalized spacial score (nSPS) is 11.3. The van der Waals surface area contributed by atoms with Crippen LogP contribution in [0.1, 0.15) is 11.5 Å². The third kappa shape index (κ3) is 2.25. The van der Waals surface area contributed by atoms with Crippen LogP contribution in [0, 0.1) is 6.92 Å². The van der Waals surface area contributed by atoms with E-state index in [1.807, 2.05) is 31.3 Å². The van der Waals surface area contributed by atoms with E-state index in [4.69, 9.17) is 4.42 Å². The molecule has 0 aliphatic heterocycles. The number of rotatable bonds is 3. The van der Waals surface area contributed by atoms with Crippen LogP contribution < -0.4 is 5.32 Å². The Balaban J connectivity index is 1.56. The topological polar surface area (TPSA) is 53.9 Å². The summed E-state index contributed by atoms with van der Waals surface area (Å²) in [4.78, 5) is 7.59. The fourth-order valence-corrected chi connectivity index (χ4v) is 2.56. The van der Waals surface area contributed by atoms with Gasteiger partial charge in [0.1, 0.15) is 5.52 Å².